The molecule has 0 saturated carbocycles. The highest BCUT2D eigenvalue weighted by Crippen LogP contribution is 2.17. The first-order valence-electron chi connectivity index (χ1n) is 7.19. The van der Waals surface area contributed by atoms with E-state index in [1.54, 1.807) is 24.0 Å². The molecule has 2 rings (SSSR count). The Morgan fingerprint density at radius 1 is 1.24 bits per heavy atom. The molecular formula is C15H20N2O4. The molecule has 0 unspecified atom stereocenters. The van der Waals surface area contributed by atoms with Crippen LogP contribution < -0.4 is 4.74 Å². The minimum atomic E-state index is -1.16. The summed E-state index contributed by atoms with van der Waals surface area (Å²) in [5.74, 6) is -1.12. The third-order valence-electron chi connectivity index (χ3n) is 3.51. The number of hydrogen-bond acceptors (Lipinski definition) is 4. The second-order valence-corrected chi connectivity index (χ2v) is 5.19. The number of carbonyl (C=O) groups excluding carboxylic acids is 1. The van der Waals surface area contributed by atoms with Gasteiger partial charge in [0.15, 0.2) is 18.1 Å². The summed E-state index contributed by atoms with van der Waals surface area (Å²) in [6.45, 7) is 3.06. The maximum absolute atomic E-state index is 12.1. The summed E-state index contributed by atoms with van der Waals surface area (Å²) in [6, 6.07) is 3.21. The highest BCUT2D eigenvalue weighted by molar-refractivity contribution is 5.88. The predicted molar refractivity (Wildman–Crippen MR) is 76.5 cm³/mol. The quantitative estimate of drug-likeness (QED) is 0.916. The van der Waals surface area contributed by atoms with E-state index in [1.807, 2.05) is 0 Å². The number of nitrogens with zero attached hydrogens (tertiary/aromatic N) is 2. The fourth-order valence-electron chi connectivity index (χ4n) is 2.36. The highest BCUT2D eigenvalue weighted by atomic mass is 16.5. The zero-order valence-corrected chi connectivity index (χ0v) is 12.2. The fraction of sp³-hybridized carbons (Fsp3) is 0.533. The van der Waals surface area contributed by atoms with Crippen molar-refractivity contribution in [1.29, 1.82) is 0 Å². The minimum absolute atomic E-state index is 0.103. The van der Waals surface area contributed by atoms with Gasteiger partial charge in [-0.15, -0.1) is 0 Å². The summed E-state index contributed by atoms with van der Waals surface area (Å²) in [6.07, 6.45) is 4.32. The van der Waals surface area contributed by atoms with Crippen LogP contribution >= 0.6 is 0 Å². The molecule has 1 aromatic heterocycles. The van der Waals surface area contributed by atoms with E-state index in [2.05, 4.69) is 4.98 Å². The number of carboxylic acid groups (broad SMARTS) is 1. The molecule has 1 fully saturated rings. The normalized spacial score (nSPS) is 15.4. The van der Waals surface area contributed by atoms with E-state index in [0.29, 0.717) is 5.69 Å². The van der Waals surface area contributed by atoms with Crippen LogP contribution in [0, 0.1) is 6.92 Å². The molecule has 6 heteroatoms. The average Bonchev–Trinajstić information content (AvgIpc) is 2.74. The molecule has 1 saturated heterocycles. The zero-order valence-electron chi connectivity index (χ0n) is 12.2. The number of aromatic carboxylic acids is 1. The van der Waals surface area contributed by atoms with Crippen molar-refractivity contribution in [3.8, 4) is 5.75 Å². The van der Waals surface area contributed by atoms with Gasteiger partial charge in [-0.3, -0.25) is 4.79 Å². The second kappa shape index (κ2) is 7.06. The molecule has 0 radical (unpaired) electrons. The minimum Gasteiger partial charge on any atom is -0.481 e. The Balaban J connectivity index is 1.99. The largest absolute Gasteiger partial charge is 0.481 e. The molecular weight excluding hydrogens is 272 g/mol. The lowest BCUT2D eigenvalue weighted by atomic mass is 10.2. The molecule has 0 atom stereocenters. The summed E-state index contributed by atoms with van der Waals surface area (Å²) in [4.78, 5) is 28.9. The number of hydrogen-bond donors (Lipinski definition) is 1. The topological polar surface area (TPSA) is 79.7 Å². The van der Waals surface area contributed by atoms with Gasteiger partial charge in [-0.2, -0.15) is 0 Å². The van der Waals surface area contributed by atoms with Crippen molar-refractivity contribution in [2.45, 2.75) is 32.6 Å². The molecule has 1 aliphatic heterocycles. The van der Waals surface area contributed by atoms with Crippen LogP contribution in [0.3, 0.4) is 0 Å². The molecule has 21 heavy (non-hydrogen) atoms. The maximum atomic E-state index is 12.1. The molecule has 2 heterocycles. The molecule has 1 N–H and O–H groups in total. The van der Waals surface area contributed by atoms with Crippen molar-refractivity contribution >= 4 is 11.9 Å². The van der Waals surface area contributed by atoms with E-state index in [-0.39, 0.29) is 24.0 Å². The summed E-state index contributed by atoms with van der Waals surface area (Å²) in [7, 11) is 0. The second-order valence-electron chi connectivity index (χ2n) is 5.19. The van der Waals surface area contributed by atoms with Crippen molar-refractivity contribution in [3.05, 3.63) is 23.5 Å². The zero-order chi connectivity index (χ0) is 15.2. The molecule has 0 aliphatic carbocycles. The maximum Gasteiger partial charge on any atom is 0.358 e. The number of aromatic nitrogens is 1. The van der Waals surface area contributed by atoms with Gasteiger partial charge in [-0.1, -0.05) is 12.8 Å². The lowest BCUT2D eigenvalue weighted by molar-refractivity contribution is -0.133. The molecule has 0 spiro atoms. The number of amides is 1. The van der Waals surface area contributed by atoms with Crippen LogP contribution in [-0.4, -0.2) is 46.6 Å². The number of likely N-dealkylation sites (tertiary alicyclic amines) is 1. The van der Waals surface area contributed by atoms with Crippen molar-refractivity contribution in [2.75, 3.05) is 19.7 Å². The molecule has 1 aliphatic rings. The molecule has 1 amide bonds. The lowest BCUT2D eigenvalue weighted by Crippen LogP contribution is -2.35. The van der Waals surface area contributed by atoms with E-state index in [1.165, 1.54) is 0 Å². The van der Waals surface area contributed by atoms with Crippen LogP contribution in [0.5, 0.6) is 5.75 Å². The van der Waals surface area contributed by atoms with Gasteiger partial charge >= 0.3 is 5.97 Å². The summed E-state index contributed by atoms with van der Waals surface area (Å²) in [5, 5.41) is 9.10. The summed E-state index contributed by atoms with van der Waals surface area (Å²) in [5.41, 5.74) is 0.442. The van der Waals surface area contributed by atoms with Crippen LogP contribution in [0.15, 0.2) is 12.1 Å². The van der Waals surface area contributed by atoms with E-state index >= 15 is 0 Å². The fourth-order valence-corrected chi connectivity index (χ4v) is 2.36. The van der Waals surface area contributed by atoms with Gasteiger partial charge in [-0.05, 0) is 31.9 Å². The number of carbonyl (C=O) groups is 2. The first-order chi connectivity index (χ1) is 10.1. The Morgan fingerprint density at radius 2 is 1.90 bits per heavy atom. The van der Waals surface area contributed by atoms with E-state index in [9.17, 15) is 9.59 Å². The smallest absolute Gasteiger partial charge is 0.358 e. The van der Waals surface area contributed by atoms with Gasteiger partial charge in [0, 0.05) is 18.8 Å². The average molecular weight is 292 g/mol. The third kappa shape index (κ3) is 4.18. The number of ether oxygens (including phenoxy) is 1. The molecule has 114 valence electrons. The Bertz CT molecular complexity index is 522. The highest BCUT2D eigenvalue weighted by Gasteiger charge is 2.18. The first-order valence-corrected chi connectivity index (χ1v) is 7.19. The van der Waals surface area contributed by atoms with Gasteiger partial charge in [-0.25, -0.2) is 9.78 Å². The Labute approximate surface area is 123 Å². The first kappa shape index (κ1) is 15.3. The molecule has 1 aromatic rings. The Kier molecular flexibility index (Phi) is 5.14. The number of carboxylic acids is 1. The standard InChI is InChI=1S/C15H20N2O4/c1-11-6-7-12(14(16-11)15(19)20)21-10-13(18)17-8-4-2-3-5-9-17/h6-7H,2-5,8-10H2,1H3,(H,19,20). The lowest BCUT2D eigenvalue weighted by Gasteiger charge is -2.20. The van der Waals surface area contributed by atoms with Gasteiger partial charge in [0.05, 0.1) is 0 Å². The van der Waals surface area contributed by atoms with Crippen LogP contribution in [0.4, 0.5) is 0 Å². The van der Waals surface area contributed by atoms with Crippen molar-refractivity contribution in [2.24, 2.45) is 0 Å². The Hall–Kier alpha value is -2.11. The van der Waals surface area contributed by atoms with Gasteiger partial charge in [0.1, 0.15) is 0 Å². The van der Waals surface area contributed by atoms with E-state index in [0.717, 1.165) is 38.8 Å². The van der Waals surface area contributed by atoms with E-state index in [4.69, 9.17) is 9.84 Å². The van der Waals surface area contributed by atoms with Crippen molar-refractivity contribution in [3.63, 3.8) is 0 Å². The molecule has 0 bridgehead atoms. The van der Waals surface area contributed by atoms with Crippen molar-refractivity contribution in [1.82, 2.24) is 9.88 Å². The number of aryl methyl sites for hydroxylation is 1. The number of rotatable bonds is 4. The Morgan fingerprint density at radius 3 is 2.52 bits per heavy atom. The van der Waals surface area contributed by atoms with Gasteiger partial charge < -0.3 is 14.7 Å². The van der Waals surface area contributed by atoms with Crippen LogP contribution in [0.2, 0.25) is 0 Å². The summed E-state index contributed by atoms with van der Waals surface area (Å²) < 4.78 is 5.37. The number of pyridine rings is 1. The molecule has 0 aromatic carbocycles. The predicted octanol–water partition coefficient (Wildman–Crippen LogP) is 1.87. The van der Waals surface area contributed by atoms with Crippen molar-refractivity contribution < 1.29 is 19.4 Å². The van der Waals surface area contributed by atoms with E-state index < -0.39 is 5.97 Å². The van der Waals surface area contributed by atoms with Crippen LogP contribution in [0.25, 0.3) is 0 Å². The molecule has 6 nitrogen and oxygen atoms in total. The summed E-state index contributed by atoms with van der Waals surface area (Å²) >= 11 is 0. The van der Waals surface area contributed by atoms with Gasteiger partial charge in [0.2, 0.25) is 0 Å². The SMILES string of the molecule is Cc1ccc(OCC(=O)N2CCCCCC2)c(C(=O)O)n1. The van der Waals surface area contributed by atoms with Crippen LogP contribution in [0.1, 0.15) is 41.9 Å². The monoisotopic (exact) mass is 292 g/mol. The third-order valence-corrected chi connectivity index (χ3v) is 3.51. The van der Waals surface area contributed by atoms with Gasteiger partial charge in [0.25, 0.3) is 5.91 Å². The van der Waals surface area contributed by atoms with Crippen LogP contribution in [-0.2, 0) is 4.79 Å².